The van der Waals surface area contributed by atoms with Crippen molar-refractivity contribution in [3.8, 4) is 11.8 Å². The van der Waals surface area contributed by atoms with Crippen LogP contribution in [0.25, 0.3) is 0 Å². The maximum Gasteiger partial charge on any atom is 0.231 e. The Kier molecular flexibility index (Phi) is 6.91. The minimum atomic E-state index is -2.30. The summed E-state index contributed by atoms with van der Waals surface area (Å²) in [5.41, 5.74) is -0.908. The van der Waals surface area contributed by atoms with Crippen molar-refractivity contribution in [2.75, 3.05) is 13.2 Å². The predicted molar refractivity (Wildman–Crippen MR) is 93.9 cm³/mol. The van der Waals surface area contributed by atoms with Crippen molar-refractivity contribution in [3.63, 3.8) is 0 Å². The lowest BCUT2D eigenvalue weighted by Gasteiger charge is -2.26. The number of nitrogens with zero attached hydrogens (tertiary/aromatic N) is 1. The van der Waals surface area contributed by atoms with Crippen LogP contribution in [0.3, 0.4) is 0 Å². The summed E-state index contributed by atoms with van der Waals surface area (Å²) in [7, 11) is 0. The number of ether oxygens (including phenoxy) is 1. The lowest BCUT2D eigenvalue weighted by molar-refractivity contribution is 0.196. The molecular weight excluding hydrogens is 367 g/mol. The van der Waals surface area contributed by atoms with E-state index in [9.17, 15) is 13.9 Å². The molecular formula is C17H16ClFN2O3S. The van der Waals surface area contributed by atoms with Crippen LogP contribution < -0.4 is 9.46 Å². The summed E-state index contributed by atoms with van der Waals surface area (Å²) in [5, 5.41) is 10.2. The zero-order valence-corrected chi connectivity index (χ0v) is 14.7. The monoisotopic (exact) mass is 382 g/mol. The minimum absolute atomic E-state index is 0.0218. The molecule has 2 rings (SSSR count). The molecule has 0 fully saturated rings. The fraction of sp³-hybridized carbons (Fsp3) is 0.235. The molecule has 0 saturated carbocycles. The van der Waals surface area contributed by atoms with E-state index in [0.29, 0.717) is 16.3 Å². The van der Waals surface area contributed by atoms with Crippen molar-refractivity contribution in [3.05, 3.63) is 64.9 Å². The van der Waals surface area contributed by atoms with E-state index in [0.717, 1.165) is 0 Å². The molecule has 0 aliphatic rings. The molecule has 0 aliphatic heterocycles. The molecule has 0 heterocycles. The van der Waals surface area contributed by atoms with Gasteiger partial charge in [-0.15, -0.1) is 0 Å². The predicted octanol–water partition coefficient (Wildman–Crippen LogP) is 3.34. The number of hydrogen-bond donors (Lipinski definition) is 2. The summed E-state index contributed by atoms with van der Waals surface area (Å²) in [6.07, 6.45) is 0.0218. The average Bonchev–Trinajstić information content (AvgIpc) is 2.60. The molecule has 5 nitrogen and oxygen atoms in total. The van der Waals surface area contributed by atoms with Crippen LogP contribution in [-0.2, 0) is 17.7 Å². The molecule has 0 aromatic heterocycles. The van der Waals surface area contributed by atoms with Crippen molar-refractivity contribution in [1.29, 1.82) is 5.26 Å². The van der Waals surface area contributed by atoms with Gasteiger partial charge in [0.15, 0.2) is 0 Å². The van der Waals surface area contributed by atoms with Crippen LogP contribution in [0.1, 0.15) is 5.56 Å². The first kappa shape index (κ1) is 19.3. The van der Waals surface area contributed by atoms with Gasteiger partial charge >= 0.3 is 0 Å². The van der Waals surface area contributed by atoms with Crippen molar-refractivity contribution in [1.82, 2.24) is 4.72 Å². The molecule has 25 heavy (non-hydrogen) atoms. The third-order valence-electron chi connectivity index (χ3n) is 3.59. The van der Waals surface area contributed by atoms with Crippen LogP contribution >= 0.6 is 11.6 Å². The van der Waals surface area contributed by atoms with E-state index in [1.165, 1.54) is 6.07 Å². The SMILES string of the molecule is N#CC(CNS(=O)O)(COc1ccc(Cl)cc1)Cc1ccccc1F. The Labute approximate surface area is 152 Å². The Bertz CT molecular complexity index is 782. The standard InChI is InChI=1S/C17H16ClFN2O3S/c18-14-5-7-15(8-6-14)24-12-17(10-20,11-21-25(22)23)9-13-3-1-2-4-16(13)19/h1-8,21H,9,11-12H2,(H,22,23). The largest absolute Gasteiger partial charge is 0.492 e. The fourth-order valence-corrected chi connectivity index (χ4v) is 2.76. The van der Waals surface area contributed by atoms with Gasteiger partial charge in [-0.1, -0.05) is 29.8 Å². The molecule has 0 radical (unpaired) electrons. The lowest BCUT2D eigenvalue weighted by atomic mass is 9.83. The van der Waals surface area contributed by atoms with Crippen LogP contribution in [0, 0.1) is 22.6 Å². The summed E-state index contributed by atoms with van der Waals surface area (Å²) in [6, 6.07) is 14.8. The van der Waals surface area contributed by atoms with Crippen molar-refractivity contribution >= 4 is 22.9 Å². The smallest absolute Gasteiger partial charge is 0.231 e. The number of nitrogens with one attached hydrogen (secondary N) is 1. The van der Waals surface area contributed by atoms with Crippen LogP contribution in [0.15, 0.2) is 48.5 Å². The zero-order valence-electron chi connectivity index (χ0n) is 13.1. The zero-order chi connectivity index (χ0) is 18.3. The fourth-order valence-electron chi connectivity index (χ4n) is 2.23. The van der Waals surface area contributed by atoms with Gasteiger partial charge in [-0.3, -0.25) is 4.55 Å². The van der Waals surface area contributed by atoms with E-state index in [1.54, 1.807) is 42.5 Å². The quantitative estimate of drug-likeness (QED) is 0.686. The van der Waals surface area contributed by atoms with Gasteiger partial charge < -0.3 is 4.74 Å². The van der Waals surface area contributed by atoms with Gasteiger partial charge in [-0.25, -0.2) is 13.3 Å². The molecule has 0 saturated heterocycles. The number of benzene rings is 2. The van der Waals surface area contributed by atoms with Crippen LogP contribution in [-0.4, -0.2) is 21.9 Å². The highest BCUT2D eigenvalue weighted by Crippen LogP contribution is 2.26. The van der Waals surface area contributed by atoms with E-state index < -0.39 is 22.5 Å². The summed E-state index contributed by atoms with van der Waals surface area (Å²) < 4.78 is 41.8. The molecule has 0 aliphatic carbocycles. The minimum Gasteiger partial charge on any atom is -0.492 e. The molecule has 0 amide bonds. The summed E-state index contributed by atoms with van der Waals surface area (Å²) >= 11 is 3.52. The summed E-state index contributed by atoms with van der Waals surface area (Å²) in [6.45, 7) is -0.238. The Morgan fingerprint density at radius 3 is 2.56 bits per heavy atom. The molecule has 0 spiro atoms. The summed E-state index contributed by atoms with van der Waals surface area (Å²) in [4.78, 5) is 0. The second-order valence-corrected chi connectivity index (χ2v) is 6.70. The Hall–Kier alpha value is -1.98. The number of hydrogen-bond acceptors (Lipinski definition) is 3. The first-order valence-electron chi connectivity index (χ1n) is 7.31. The average molecular weight is 383 g/mol. The number of rotatable bonds is 8. The van der Waals surface area contributed by atoms with Crippen LogP contribution in [0.4, 0.5) is 4.39 Å². The van der Waals surface area contributed by atoms with Crippen molar-refractivity contribution in [2.24, 2.45) is 5.41 Å². The molecule has 8 heteroatoms. The molecule has 0 bridgehead atoms. The second-order valence-electron chi connectivity index (χ2n) is 5.47. The van der Waals surface area contributed by atoms with Crippen LogP contribution in [0.2, 0.25) is 5.02 Å². The molecule has 2 atom stereocenters. The van der Waals surface area contributed by atoms with Gasteiger partial charge in [0.05, 0.1) is 6.07 Å². The number of halogens is 2. The highest BCUT2D eigenvalue weighted by Gasteiger charge is 2.33. The first-order valence-corrected chi connectivity index (χ1v) is 8.80. The van der Waals surface area contributed by atoms with E-state index >= 15 is 0 Å². The molecule has 2 aromatic rings. The Morgan fingerprint density at radius 1 is 1.28 bits per heavy atom. The molecule has 2 N–H and O–H groups in total. The van der Waals surface area contributed by atoms with E-state index in [2.05, 4.69) is 10.8 Å². The molecule has 2 aromatic carbocycles. The van der Waals surface area contributed by atoms with Gasteiger partial charge in [0, 0.05) is 11.6 Å². The van der Waals surface area contributed by atoms with Crippen molar-refractivity contribution in [2.45, 2.75) is 6.42 Å². The van der Waals surface area contributed by atoms with Crippen LogP contribution in [0.5, 0.6) is 5.75 Å². The first-order chi connectivity index (χ1) is 11.9. The van der Waals surface area contributed by atoms with Gasteiger partial charge in [-0.2, -0.15) is 5.26 Å². The van der Waals surface area contributed by atoms with Gasteiger partial charge in [0.1, 0.15) is 23.6 Å². The Morgan fingerprint density at radius 2 is 1.96 bits per heavy atom. The highest BCUT2D eigenvalue weighted by atomic mass is 35.5. The van der Waals surface area contributed by atoms with E-state index in [4.69, 9.17) is 20.9 Å². The molecule has 2 unspecified atom stereocenters. The third-order valence-corrected chi connectivity index (χ3v) is 4.23. The van der Waals surface area contributed by atoms with Gasteiger partial charge in [0.2, 0.25) is 11.3 Å². The maximum absolute atomic E-state index is 14.0. The summed E-state index contributed by atoms with van der Waals surface area (Å²) in [5.74, 6) is 0.0430. The second kappa shape index (κ2) is 8.92. The normalized spacial score (nSPS) is 14.3. The molecule has 132 valence electrons. The number of nitriles is 1. The van der Waals surface area contributed by atoms with Gasteiger partial charge in [0.25, 0.3) is 0 Å². The van der Waals surface area contributed by atoms with E-state index in [-0.39, 0.29) is 19.6 Å². The Balaban J connectivity index is 2.21. The third kappa shape index (κ3) is 5.80. The topological polar surface area (TPSA) is 82.4 Å². The van der Waals surface area contributed by atoms with Crippen molar-refractivity contribution < 1.29 is 17.9 Å². The highest BCUT2D eigenvalue weighted by molar-refractivity contribution is 7.77. The van der Waals surface area contributed by atoms with Gasteiger partial charge in [-0.05, 0) is 42.3 Å². The lowest BCUT2D eigenvalue weighted by Crippen LogP contribution is -2.40. The van der Waals surface area contributed by atoms with E-state index in [1.807, 2.05) is 0 Å². The maximum atomic E-state index is 14.0.